The van der Waals surface area contributed by atoms with Gasteiger partial charge in [-0.1, -0.05) is 25.0 Å². The molecule has 2 N–H and O–H groups in total. The van der Waals surface area contributed by atoms with Gasteiger partial charge < -0.3 is 29.3 Å². The summed E-state index contributed by atoms with van der Waals surface area (Å²) in [5.74, 6) is -1.09. The van der Waals surface area contributed by atoms with Crippen molar-refractivity contribution in [1.82, 2.24) is 4.90 Å². The van der Waals surface area contributed by atoms with Crippen LogP contribution in [-0.4, -0.2) is 54.2 Å². The van der Waals surface area contributed by atoms with Gasteiger partial charge >= 0.3 is 0 Å². The Balaban J connectivity index is 1.96. The van der Waals surface area contributed by atoms with Crippen LogP contribution in [0, 0.1) is 0 Å². The maximum atomic E-state index is 13.3. The molecule has 33 heavy (non-hydrogen) atoms. The number of phenolic OH excluding ortho intramolecular Hbond substituents is 1. The van der Waals surface area contributed by atoms with E-state index < -0.39 is 17.7 Å². The van der Waals surface area contributed by atoms with Gasteiger partial charge in [0.1, 0.15) is 22.8 Å². The standard InChI is InChI=1S/C25H27NO7/c1-31-17-12-11-14(13-16(17)27)22-21(24(29)25(30)26(22)15-7-4-5-8-15)23(28)20-18(32-2)9-6-10-19(20)33-3/h6,9-13,15,22,27-28H,4-5,7-8H2,1-3H3/b23-21+. The van der Waals surface area contributed by atoms with E-state index in [0.717, 1.165) is 25.7 Å². The fraction of sp³-hybridized carbons (Fsp3) is 0.360. The molecule has 8 heteroatoms. The van der Waals surface area contributed by atoms with Crippen molar-refractivity contribution < 1.29 is 34.0 Å². The van der Waals surface area contributed by atoms with Gasteiger partial charge in [0.05, 0.1) is 32.9 Å². The van der Waals surface area contributed by atoms with E-state index in [1.807, 2.05) is 0 Å². The third-order valence-electron chi connectivity index (χ3n) is 6.38. The lowest BCUT2D eigenvalue weighted by atomic mass is 9.93. The Morgan fingerprint density at radius 1 is 0.939 bits per heavy atom. The molecule has 1 saturated heterocycles. The van der Waals surface area contributed by atoms with Gasteiger partial charge in [0.25, 0.3) is 11.7 Å². The van der Waals surface area contributed by atoms with Gasteiger partial charge in [0.2, 0.25) is 0 Å². The molecule has 0 radical (unpaired) electrons. The van der Waals surface area contributed by atoms with Crippen molar-refractivity contribution in [3.05, 3.63) is 53.1 Å². The third kappa shape index (κ3) is 3.75. The Morgan fingerprint density at radius 2 is 1.55 bits per heavy atom. The number of methoxy groups -OCH3 is 3. The van der Waals surface area contributed by atoms with Gasteiger partial charge in [-0.3, -0.25) is 9.59 Å². The molecule has 1 aliphatic carbocycles. The summed E-state index contributed by atoms with van der Waals surface area (Å²) in [7, 11) is 4.33. The van der Waals surface area contributed by atoms with Gasteiger partial charge in [0, 0.05) is 6.04 Å². The zero-order valence-corrected chi connectivity index (χ0v) is 18.8. The Bertz CT molecular complexity index is 1100. The number of Topliss-reactive ketones (excluding diaryl/α,β-unsaturated/α-hetero) is 1. The largest absolute Gasteiger partial charge is 0.506 e. The molecule has 1 heterocycles. The summed E-state index contributed by atoms with van der Waals surface area (Å²) in [4.78, 5) is 28.1. The maximum Gasteiger partial charge on any atom is 0.295 e. The first-order valence-corrected chi connectivity index (χ1v) is 10.8. The number of hydrogen-bond acceptors (Lipinski definition) is 7. The molecule has 8 nitrogen and oxygen atoms in total. The second-order valence-electron chi connectivity index (χ2n) is 8.11. The van der Waals surface area contributed by atoms with Gasteiger partial charge in [-0.25, -0.2) is 0 Å². The molecule has 2 aromatic carbocycles. The van der Waals surface area contributed by atoms with E-state index in [4.69, 9.17) is 14.2 Å². The minimum Gasteiger partial charge on any atom is -0.506 e. The normalized spacial score (nSPS) is 20.3. The fourth-order valence-electron chi connectivity index (χ4n) is 4.83. The number of rotatable bonds is 6. The number of likely N-dealkylation sites (tertiary alicyclic amines) is 1. The van der Waals surface area contributed by atoms with E-state index in [0.29, 0.717) is 17.1 Å². The van der Waals surface area contributed by atoms with Crippen LogP contribution in [0.2, 0.25) is 0 Å². The minimum absolute atomic E-state index is 0.0701. The van der Waals surface area contributed by atoms with Crippen LogP contribution in [0.1, 0.15) is 42.9 Å². The Hall–Kier alpha value is -3.68. The van der Waals surface area contributed by atoms with E-state index >= 15 is 0 Å². The molecular formula is C25H27NO7. The number of benzene rings is 2. The van der Waals surface area contributed by atoms with Gasteiger partial charge in [-0.05, 0) is 42.7 Å². The van der Waals surface area contributed by atoms with Gasteiger partial charge in [0.15, 0.2) is 11.5 Å². The SMILES string of the molecule is COc1ccc(C2/C(=C(\O)c3c(OC)cccc3OC)C(=O)C(=O)N2C2CCCC2)cc1O. The highest BCUT2D eigenvalue weighted by atomic mass is 16.5. The molecule has 0 spiro atoms. The highest BCUT2D eigenvalue weighted by molar-refractivity contribution is 6.46. The summed E-state index contributed by atoms with van der Waals surface area (Å²) in [5.41, 5.74) is 0.615. The van der Waals surface area contributed by atoms with E-state index in [2.05, 4.69) is 0 Å². The number of phenols is 1. The summed E-state index contributed by atoms with van der Waals surface area (Å²) < 4.78 is 16.0. The zero-order chi connectivity index (χ0) is 23.7. The Morgan fingerprint density at radius 3 is 2.09 bits per heavy atom. The summed E-state index contributed by atoms with van der Waals surface area (Å²) in [6.07, 6.45) is 3.44. The maximum absolute atomic E-state index is 13.3. The van der Waals surface area contributed by atoms with Crippen LogP contribution in [0.3, 0.4) is 0 Å². The quantitative estimate of drug-likeness (QED) is 0.390. The lowest BCUT2D eigenvalue weighted by Gasteiger charge is -2.31. The van der Waals surface area contributed by atoms with E-state index in [1.165, 1.54) is 27.4 Å². The van der Waals surface area contributed by atoms with E-state index in [1.54, 1.807) is 35.2 Å². The summed E-state index contributed by atoms with van der Waals surface area (Å²) in [6.45, 7) is 0. The predicted octanol–water partition coefficient (Wildman–Crippen LogP) is 3.78. The molecule has 4 rings (SSSR count). The molecule has 2 aromatic rings. The first kappa shape index (κ1) is 22.5. The van der Waals surface area contributed by atoms with Crippen molar-refractivity contribution in [3.8, 4) is 23.0 Å². The smallest absolute Gasteiger partial charge is 0.295 e. The molecule has 1 saturated carbocycles. The van der Waals surface area contributed by atoms with Gasteiger partial charge in [-0.15, -0.1) is 0 Å². The topological polar surface area (TPSA) is 106 Å². The van der Waals surface area contributed by atoms with Crippen molar-refractivity contribution in [2.45, 2.75) is 37.8 Å². The molecule has 174 valence electrons. The van der Waals surface area contributed by atoms with Crippen molar-refractivity contribution >= 4 is 17.4 Å². The number of carbonyl (C=O) groups is 2. The number of nitrogens with zero attached hydrogens (tertiary/aromatic N) is 1. The number of aliphatic hydroxyl groups excluding tert-OH is 1. The lowest BCUT2D eigenvalue weighted by Crippen LogP contribution is -2.37. The van der Waals surface area contributed by atoms with E-state index in [-0.39, 0.29) is 34.4 Å². The van der Waals surface area contributed by atoms with Gasteiger partial charge in [-0.2, -0.15) is 0 Å². The first-order chi connectivity index (χ1) is 15.9. The molecule has 1 atom stereocenters. The molecule has 1 aliphatic heterocycles. The third-order valence-corrected chi connectivity index (χ3v) is 6.38. The summed E-state index contributed by atoms with van der Waals surface area (Å²) in [5, 5.41) is 21.8. The number of carbonyl (C=O) groups excluding carboxylic acids is 2. The molecule has 2 aliphatic rings. The summed E-state index contributed by atoms with van der Waals surface area (Å²) in [6, 6.07) is 8.68. The first-order valence-electron chi connectivity index (χ1n) is 10.8. The second-order valence-corrected chi connectivity index (χ2v) is 8.11. The number of aromatic hydroxyl groups is 1. The highest BCUT2D eigenvalue weighted by Crippen LogP contribution is 2.47. The van der Waals surface area contributed by atoms with Crippen LogP contribution in [-0.2, 0) is 9.59 Å². The number of hydrogen-bond donors (Lipinski definition) is 2. The van der Waals surface area contributed by atoms with Crippen molar-refractivity contribution in [2.24, 2.45) is 0 Å². The monoisotopic (exact) mass is 453 g/mol. The van der Waals surface area contributed by atoms with Crippen molar-refractivity contribution in [3.63, 3.8) is 0 Å². The van der Waals surface area contributed by atoms with Crippen LogP contribution in [0.15, 0.2) is 42.0 Å². The van der Waals surface area contributed by atoms with Crippen molar-refractivity contribution in [1.29, 1.82) is 0 Å². The fourth-order valence-corrected chi connectivity index (χ4v) is 4.83. The molecular weight excluding hydrogens is 426 g/mol. The molecule has 0 aromatic heterocycles. The number of ether oxygens (including phenoxy) is 3. The zero-order valence-electron chi connectivity index (χ0n) is 18.8. The average Bonchev–Trinajstić information content (AvgIpc) is 3.44. The predicted molar refractivity (Wildman–Crippen MR) is 121 cm³/mol. The van der Waals surface area contributed by atoms with Crippen molar-refractivity contribution in [2.75, 3.05) is 21.3 Å². The molecule has 2 fully saturated rings. The minimum atomic E-state index is -0.875. The highest BCUT2D eigenvalue weighted by Gasteiger charge is 2.49. The van der Waals surface area contributed by atoms with E-state index in [9.17, 15) is 19.8 Å². The number of ketones is 1. The Labute approximate surface area is 192 Å². The summed E-state index contributed by atoms with van der Waals surface area (Å²) >= 11 is 0. The van der Waals surface area contributed by atoms with Crippen LogP contribution < -0.4 is 14.2 Å². The molecule has 1 amide bonds. The number of amides is 1. The Kier molecular flexibility index (Phi) is 6.18. The van der Waals surface area contributed by atoms with Crippen LogP contribution in [0.5, 0.6) is 23.0 Å². The lowest BCUT2D eigenvalue weighted by molar-refractivity contribution is -0.141. The van der Waals surface area contributed by atoms with Crippen LogP contribution >= 0.6 is 0 Å². The second kappa shape index (κ2) is 9.05. The molecule has 0 bridgehead atoms. The average molecular weight is 453 g/mol. The number of aliphatic hydroxyl groups is 1. The molecule has 1 unspecified atom stereocenters. The van der Waals surface area contributed by atoms with Crippen LogP contribution in [0.25, 0.3) is 5.76 Å². The van der Waals surface area contributed by atoms with Crippen LogP contribution in [0.4, 0.5) is 0 Å².